The highest BCUT2D eigenvalue weighted by atomic mass is 16.7. The van der Waals surface area contributed by atoms with Gasteiger partial charge in [0.15, 0.2) is 18.3 Å². The number of carbonyl (C=O) groups is 7. The number of nitrogens with zero attached hydrogens (tertiary/aromatic N) is 1. The van der Waals surface area contributed by atoms with Crippen molar-refractivity contribution in [1.29, 1.82) is 0 Å². The van der Waals surface area contributed by atoms with Crippen molar-refractivity contribution < 1.29 is 71.6 Å². The average Bonchev–Trinajstić information content (AvgIpc) is 2.94. The van der Waals surface area contributed by atoms with Crippen LogP contribution in [0.5, 0.6) is 0 Å². The van der Waals surface area contributed by atoms with Crippen molar-refractivity contribution in [1.82, 2.24) is 5.06 Å². The Bertz CT molecular complexity index is 1020. The first-order chi connectivity index (χ1) is 21.3. The third-order valence-electron chi connectivity index (χ3n) is 6.14. The van der Waals surface area contributed by atoms with Gasteiger partial charge in [0.05, 0.1) is 32.3 Å². The third kappa shape index (κ3) is 15.7. The molecule has 0 aromatic carbocycles. The van der Waals surface area contributed by atoms with Gasteiger partial charge in [0, 0.05) is 47.1 Å². The quantitative estimate of drug-likeness (QED) is 0.0842. The van der Waals surface area contributed by atoms with Crippen LogP contribution in [0, 0.1) is 0 Å². The maximum Gasteiger partial charge on any atom is 0.306 e. The van der Waals surface area contributed by atoms with Crippen molar-refractivity contribution in [2.24, 2.45) is 0 Å². The molecule has 1 aliphatic heterocycles. The van der Waals surface area contributed by atoms with Crippen molar-refractivity contribution >= 4 is 41.7 Å². The van der Waals surface area contributed by atoms with Gasteiger partial charge in [0.1, 0.15) is 12.7 Å². The SMILES string of the molecule is CCOC(=O)CCCON(CCCC1OC(COC(C)=O)C(OC(C)=O)C(OC(C)=O)C1OC(C)=O)C(=O)CCC(=O)OCC. The van der Waals surface area contributed by atoms with Crippen LogP contribution in [0.1, 0.15) is 80.1 Å². The Morgan fingerprint density at radius 3 is 1.69 bits per heavy atom. The fourth-order valence-corrected chi connectivity index (χ4v) is 4.44. The van der Waals surface area contributed by atoms with Crippen LogP contribution in [0.4, 0.5) is 0 Å². The predicted octanol–water partition coefficient (Wildman–Crippen LogP) is 1.34. The van der Waals surface area contributed by atoms with Gasteiger partial charge in [-0.1, -0.05) is 0 Å². The summed E-state index contributed by atoms with van der Waals surface area (Å²) in [7, 11) is 0. The van der Waals surface area contributed by atoms with Crippen LogP contribution in [0.3, 0.4) is 0 Å². The van der Waals surface area contributed by atoms with Crippen molar-refractivity contribution in [3.63, 3.8) is 0 Å². The van der Waals surface area contributed by atoms with Gasteiger partial charge in [-0.3, -0.25) is 38.4 Å². The van der Waals surface area contributed by atoms with E-state index >= 15 is 0 Å². The predicted molar refractivity (Wildman–Crippen MR) is 151 cm³/mol. The molecule has 16 heteroatoms. The Hall–Kier alpha value is -3.79. The van der Waals surface area contributed by atoms with Crippen molar-refractivity contribution in [3.8, 4) is 0 Å². The molecule has 0 saturated carbocycles. The van der Waals surface area contributed by atoms with Gasteiger partial charge < -0.3 is 33.2 Å². The second-order valence-electron chi connectivity index (χ2n) is 9.92. The van der Waals surface area contributed by atoms with E-state index in [2.05, 4.69) is 0 Å². The summed E-state index contributed by atoms with van der Waals surface area (Å²) < 4.78 is 37.2. The lowest BCUT2D eigenvalue weighted by molar-refractivity contribution is -0.254. The van der Waals surface area contributed by atoms with E-state index in [4.69, 9.17) is 38.0 Å². The number of rotatable bonds is 19. The molecule has 0 spiro atoms. The van der Waals surface area contributed by atoms with Gasteiger partial charge in [-0.15, -0.1) is 0 Å². The van der Waals surface area contributed by atoms with Crippen LogP contribution < -0.4 is 0 Å². The zero-order valence-electron chi connectivity index (χ0n) is 26.7. The first-order valence-corrected chi connectivity index (χ1v) is 14.8. The molecule has 0 N–H and O–H groups in total. The molecular formula is C29H45NO15. The zero-order valence-corrected chi connectivity index (χ0v) is 26.7. The molecule has 0 radical (unpaired) electrons. The summed E-state index contributed by atoms with van der Waals surface area (Å²) in [4.78, 5) is 89.6. The monoisotopic (exact) mass is 647 g/mol. The summed E-state index contributed by atoms with van der Waals surface area (Å²) in [6, 6.07) is 0. The van der Waals surface area contributed by atoms with Crippen LogP contribution >= 0.6 is 0 Å². The number of hydrogen-bond donors (Lipinski definition) is 0. The molecule has 0 aromatic heterocycles. The number of amides is 1. The molecular weight excluding hydrogens is 602 g/mol. The third-order valence-corrected chi connectivity index (χ3v) is 6.14. The lowest BCUT2D eigenvalue weighted by Gasteiger charge is -2.44. The molecule has 0 bridgehead atoms. The van der Waals surface area contributed by atoms with Crippen LogP contribution in [-0.4, -0.2) is 110 Å². The molecule has 1 heterocycles. The maximum absolute atomic E-state index is 12.9. The van der Waals surface area contributed by atoms with E-state index < -0.39 is 72.2 Å². The highest BCUT2D eigenvalue weighted by Crippen LogP contribution is 2.31. The fourth-order valence-electron chi connectivity index (χ4n) is 4.44. The van der Waals surface area contributed by atoms with E-state index in [9.17, 15) is 33.6 Å². The van der Waals surface area contributed by atoms with Gasteiger partial charge >= 0.3 is 35.8 Å². The van der Waals surface area contributed by atoms with Gasteiger partial charge in [-0.05, 0) is 33.1 Å². The maximum atomic E-state index is 12.9. The molecule has 256 valence electrons. The smallest absolute Gasteiger partial charge is 0.306 e. The van der Waals surface area contributed by atoms with Crippen LogP contribution in [0.25, 0.3) is 0 Å². The molecule has 1 rings (SSSR count). The summed E-state index contributed by atoms with van der Waals surface area (Å²) in [6.45, 7) is 7.92. The van der Waals surface area contributed by atoms with E-state index in [1.807, 2.05) is 0 Å². The average molecular weight is 648 g/mol. The molecule has 16 nitrogen and oxygen atoms in total. The number of carbonyl (C=O) groups excluding carboxylic acids is 7. The largest absolute Gasteiger partial charge is 0.466 e. The number of hydrogen-bond acceptors (Lipinski definition) is 15. The molecule has 45 heavy (non-hydrogen) atoms. The Labute approximate surface area is 262 Å². The Morgan fingerprint density at radius 1 is 0.622 bits per heavy atom. The fraction of sp³-hybridized carbons (Fsp3) is 0.759. The van der Waals surface area contributed by atoms with Gasteiger partial charge in [0.2, 0.25) is 5.91 Å². The van der Waals surface area contributed by atoms with E-state index in [-0.39, 0.29) is 71.5 Å². The molecule has 1 amide bonds. The number of ether oxygens (including phenoxy) is 7. The zero-order chi connectivity index (χ0) is 33.9. The normalized spacial score (nSPS) is 20.7. The molecule has 0 aromatic rings. The summed E-state index contributed by atoms with van der Waals surface area (Å²) in [6.07, 6.45) is -5.63. The topological polar surface area (TPSA) is 197 Å². The van der Waals surface area contributed by atoms with Crippen LogP contribution in [0.2, 0.25) is 0 Å². The Kier molecular flexibility index (Phi) is 18.3. The van der Waals surface area contributed by atoms with E-state index in [0.717, 1.165) is 25.8 Å². The summed E-state index contributed by atoms with van der Waals surface area (Å²) in [5.41, 5.74) is 0. The Balaban J connectivity index is 3.14. The molecule has 5 unspecified atom stereocenters. The molecule has 1 aliphatic rings. The van der Waals surface area contributed by atoms with Gasteiger partial charge in [-0.25, -0.2) is 5.06 Å². The summed E-state index contributed by atoms with van der Waals surface area (Å²) in [5.74, 6) is -4.34. The first kappa shape index (κ1) is 39.2. The first-order valence-electron chi connectivity index (χ1n) is 14.8. The molecule has 5 atom stereocenters. The second kappa shape index (κ2) is 21.0. The number of esters is 6. The summed E-state index contributed by atoms with van der Waals surface area (Å²) in [5, 5.41) is 1.07. The Morgan fingerprint density at radius 2 is 1.16 bits per heavy atom. The number of hydroxylamine groups is 2. The van der Waals surface area contributed by atoms with Crippen LogP contribution in [-0.2, 0) is 71.6 Å². The standard InChI is InChI=1S/C29H45NO15/c1-7-38-25(36)12-10-16-41-30(24(35)13-14-26(37)39-8-2)15-9-11-22-27(42-19(4)32)29(44-21(6)34)28(43-20(5)33)23(45-22)17-40-18(3)31/h22-23,27-29H,7-17H2,1-6H3. The molecule has 1 saturated heterocycles. The van der Waals surface area contributed by atoms with Crippen molar-refractivity contribution in [2.45, 2.75) is 111 Å². The van der Waals surface area contributed by atoms with E-state index in [0.29, 0.717) is 0 Å². The molecule has 0 aliphatic carbocycles. The second-order valence-corrected chi connectivity index (χ2v) is 9.92. The lowest BCUT2D eigenvalue weighted by Crippen LogP contribution is -2.62. The van der Waals surface area contributed by atoms with Crippen molar-refractivity contribution in [3.05, 3.63) is 0 Å². The highest BCUT2D eigenvalue weighted by Gasteiger charge is 2.51. The van der Waals surface area contributed by atoms with Crippen LogP contribution in [0.15, 0.2) is 0 Å². The minimum Gasteiger partial charge on any atom is -0.466 e. The van der Waals surface area contributed by atoms with E-state index in [1.165, 1.54) is 6.92 Å². The van der Waals surface area contributed by atoms with Gasteiger partial charge in [-0.2, -0.15) is 0 Å². The highest BCUT2D eigenvalue weighted by molar-refractivity contribution is 5.80. The minimum absolute atomic E-state index is 0.00299. The summed E-state index contributed by atoms with van der Waals surface area (Å²) >= 11 is 0. The van der Waals surface area contributed by atoms with Gasteiger partial charge in [0.25, 0.3) is 0 Å². The van der Waals surface area contributed by atoms with Crippen molar-refractivity contribution in [2.75, 3.05) is 33.0 Å². The molecule has 1 fully saturated rings. The van der Waals surface area contributed by atoms with E-state index in [1.54, 1.807) is 13.8 Å². The minimum atomic E-state index is -1.31. The lowest BCUT2D eigenvalue weighted by atomic mass is 9.92.